The van der Waals surface area contributed by atoms with Crippen LogP contribution in [0.1, 0.15) is 36.5 Å². The van der Waals surface area contributed by atoms with Crippen LogP contribution in [0.2, 0.25) is 0 Å². The van der Waals surface area contributed by atoms with Crippen molar-refractivity contribution in [2.75, 3.05) is 17.2 Å². The third-order valence-electron chi connectivity index (χ3n) is 7.03. The Balaban J connectivity index is 1.09. The molecule has 3 aromatic carbocycles. The molecule has 234 valence electrons. The molecule has 9 nitrogen and oxygen atoms in total. The minimum Gasteiger partial charge on any atom is -0.406 e. The maximum Gasteiger partial charge on any atom is 0.573 e. The van der Waals surface area contributed by atoms with Crippen molar-refractivity contribution in [2.24, 2.45) is 4.99 Å². The molecule has 1 aliphatic rings. The topological polar surface area (TPSA) is 102 Å². The highest BCUT2D eigenvalue weighted by Gasteiger charge is 2.32. The lowest BCUT2D eigenvalue weighted by molar-refractivity contribution is -0.274. The van der Waals surface area contributed by atoms with Gasteiger partial charge in [-0.15, -0.1) is 18.3 Å². The standard InChI is InChI=1S/C32H31F3N6O3S/c1-3-23-10-7-21(2)18-27(23)41-28(42)19-45-31(41)38-30(43)36-17-5-4-6-22-8-11-24(12-9-22)29-37-20-40(39-29)25-13-15-26(16-14-25)44-32(33,34)35/h7-16,18,20H,3-6,17,19H2,1-2H3,(H,36,43)/b38-31-. The number of carbonyl (C=O) groups excluding carboxylic acids is 2. The summed E-state index contributed by atoms with van der Waals surface area (Å²) in [6.07, 6.45) is -0.0813. The molecule has 0 radical (unpaired) electrons. The van der Waals surface area contributed by atoms with Crippen LogP contribution in [0.5, 0.6) is 5.75 Å². The van der Waals surface area contributed by atoms with Crippen molar-refractivity contribution in [1.82, 2.24) is 20.1 Å². The largest absolute Gasteiger partial charge is 0.573 e. The maximum atomic E-state index is 12.6. The number of nitrogens with zero attached hydrogens (tertiary/aromatic N) is 5. The fraction of sp³-hybridized carbons (Fsp3) is 0.281. The predicted octanol–water partition coefficient (Wildman–Crippen LogP) is 6.87. The normalized spacial score (nSPS) is 14.3. The number of benzene rings is 3. The Morgan fingerprint density at radius 1 is 1.07 bits per heavy atom. The number of thioether (sulfide) groups is 1. The van der Waals surface area contributed by atoms with Crippen LogP contribution in [-0.2, 0) is 17.6 Å². The summed E-state index contributed by atoms with van der Waals surface area (Å²) in [5.41, 5.74) is 5.30. The zero-order chi connectivity index (χ0) is 32.0. The SMILES string of the molecule is CCc1ccc(C)cc1N1C(=O)CS/C1=N\C(=O)NCCCCc1ccc(-c2ncn(-c3ccc(OC(F)(F)F)cc3)n2)cc1. The number of unbranched alkanes of at least 4 members (excludes halogenated alkanes) is 1. The van der Waals surface area contributed by atoms with Gasteiger partial charge >= 0.3 is 12.4 Å². The fourth-order valence-corrected chi connectivity index (χ4v) is 5.64. The fourth-order valence-electron chi connectivity index (χ4n) is 4.78. The van der Waals surface area contributed by atoms with E-state index in [1.54, 1.807) is 4.90 Å². The van der Waals surface area contributed by atoms with Gasteiger partial charge in [-0.05, 0) is 79.6 Å². The molecule has 0 unspecified atom stereocenters. The van der Waals surface area contributed by atoms with Crippen molar-refractivity contribution >= 4 is 34.6 Å². The lowest BCUT2D eigenvalue weighted by Gasteiger charge is -2.20. The molecule has 0 aliphatic carbocycles. The van der Waals surface area contributed by atoms with Crippen LogP contribution in [0.25, 0.3) is 17.1 Å². The smallest absolute Gasteiger partial charge is 0.406 e. The first-order valence-electron chi connectivity index (χ1n) is 14.4. The van der Waals surface area contributed by atoms with Gasteiger partial charge in [0.15, 0.2) is 11.0 Å². The number of halogens is 3. The molecule has 0 spiro atoms. The van der Waals surface area contributed by atoms with Gasteiger partial charge < -0.3 is 10.1 Å². The Morgan fingerprint density at radius 2 is 1.82 bits per heavy atom. The number of alkyl halides is 3. The Bertz CT molecular complexity index is 1690. The van der Waals surface area contributed by atoms with Gasteiger partial charge in [0.25, 0.3) is 0 Å². The average molecular weight is 637 g/mol. The molecule has 45 heavy (non-hydrogen) atoms. The van der Waals surface area contributed by atoms with Gasteiger partial charge in [0, 0.05) is 12.1 Å². The quantitative estimate of drug-likeness (QED) is 0.191. The summed E-state index contributed by atoms with van der Waals surface area (Å²) in [5.74, 6) is 0.332. The van der Waals surface area contributed by atoms with E-state index in [4.69, 9.17) is 0 Å². The van der Waals surface area contributed by atoms with E-state index in [1.165, 1.54) is 47.0 Å². The molecule has 13 heteroatoms. The number of aliphatic imine (C=N–C) groups is 1. The molecule has 0 bridgehead atoms. The second-order valence-electron chi connectivity index (χ2n) is 10.3. The molecular weight excluding hydrogens is 605 g/mol. The number of amides is 3. The van der Waals surface area contributed by atoms with Crippen LogP contribution >= 0.6 is 11.8 Å². The Hall–Kier alpha value is -4.65. The van der Waals surface area contributed by atoms with E-state index in [0.717, 1.165) is 53.6 Å². The van der Waals surface area contributed by atoms with Gasteiger partial charge in [-0.1, -0.05) is 55.1 Å². The molecule has 3 amide bonds. The van der Waals surface area contributed by atoms with E-state index in [9.17, 15) is 22.8 Å². The van der Waals surface area contributed by atoms with Gasteiger partial charge in [0.2, 0.25) is 5.91 Å². The van der Waals surface area contributed by atoms with Gasteiger partial charge in [0.1, 0.15) is 12.1 Å². The van der Waals surface area contributed by atoms with Gasteiger partial charge in [-0.25, -0.2) is 14.5 Å². The van der Waals surface area contributed by atoms with E-state index in [2.05, 4.69) is 25.1 Å². The van der Waals surface area contributed by atoms with Crippen LogP contribution in [-0.4, -0.2) is 50.5 Å². The number of carbonyl (C=O) groups is 2. The van der Waals surface area contributed by atoms with Gasteiger partial charge in [-0.3, -0.25) is 9.69 Å². The van der Waals surface area contributed by atoms with Crippen LogP contribution < -0.4 is 15.0 Å². The average Bonchev–Trinajstić information content (AvgIpc) is 3.64. The maximum absolute atomic E-state index is 12.6. The van der Waals surface area contributed by atoms with E-state index in [1.807, 2.05) is 56.3 Å². The zero-order valence-corrected chi connectivity index (χ0v) is 25.5. The van der Waals surface area contributed by atoms with E-state index < -0.39 is 12.4 Å². The molecule has 1 N–H and O–H groups in total. The number of amidine groups is 1. The van der Waals surface area contributed by atoms with Gasteiger partial charge in [0.05, 0.1) is 17.1 Å². The molecule has 1 fully saturated rings. The number of anilines is 1. The first kappa shape index (κ1) is 31.8. The van der Waals surface area contributed by atoms with Crippen molar-refractivity contribution in [3.05, 3.63) is 89.7 Å². The number of urea groups is 1. The number of nitrogens with one attached hydrogen (secondary N) is 1. The molecule has 1 saturated heterocycles. The third-order valence-corrected chi connectivity index (χ3v) is 7.96. The molecule has 1 aliphatic heterocycles. The lowest BCUT2D eigenvalue weighted by atomic mass is 10.1. The highest BCUT2D eigenvalue weighted by Crippen LogP contribution is 2.31. The van der Waals surface area contributed by atoms with Crippen molar-refractivity contribution in [3.8, 4) is 22.8 Å². The zero-order valence-electron chi connectivity index (χ0n) is 24.7. The Labute approximate surface area is 262 Å². The Morgan fingerprint density at radius 3 is 2.53 bits per heavy atom. The summed E-state index contributed by atoms with van der Waals surface area (Å²) < 4.78 is 42.6. The molecule has 0 atom stereocenters. The molecule has 1 aromatic heterocycles. The summed E-state index contributed by atoms with van der Waals surface area (Å²) in [5, 5.41) is 7.65. The second-order valence-corrected chi connectivity index (χ2v) is 11.3. The number of aryl methyl sites for hydroxylation is 3. The van der Waals surface area contributed by atoms with Crippen molar-refractivity contribution < 1.29 is 27.5 Å². The number of ether oxygens (including phenoxy) is 1. The molecule has 2 heterocycles. The molecule has 5 rings (SSSR count). The van der Waals surface area contributed by atoms with Crippen molar-refractivity contribution in [3.63, 3.8) is 0 Å². The summed E-state index contributed by atoms with van der Waals surface area (Å²) in [6.45, 7) is 4.46. The first-order valence-corrected chi connectivity index (χ1v) is 15.4. The van der Waals surface area contributed by atoms with E-state index in [-0.39, 0.29) is 17.4 Å². The first-order chi connectivity index (χ1) is 21.6. The summed E-state index contributed by atoms with van der Waals surface area (Å²) in [4.78, 5) is 35.3. The summed E-state index contributed by atoms with van der Waals surface area (Å²) in [7, 11) is 0. The third kappa shape index (κ3) is 8.29. The van der Waals surface area contributed by atoms with Crippen molar-refractivity contribution in [1.29, 1.82) is 0 Å². The molecule has 0 saturated carbocycles. The highest BCUT2D eigenvalue weighted by atomic mass is 32.2. The van der Waals surface area contributed by atoms with Crippen molar-refractivity contribution in [2.45, 2.75) is 45.9 Å². The minimum absolute atomic E-state index is 0.0878. The number of hydrogen-bond acceptors (Lipinski definition) is 6. The minimum atomic E-state index is -4.75. The van der Waals surface area contributed by atoms with E-state index in [0.29, 0.717) is 23.2 Å². The van der Waals surface area contributed by atoms with E-state index >= 15 is 0 Å². The highest BCUT2D eigenvalue weighted by molar-refractivity contribution is 8.15. The summed E-state index contributed by atoms with van der Waals surface area (Å²) in [6, 6.07) is 18.7. The number of hydrogen-bond donors (Lipinski definition) is 1. The molecular formula is C32H31F3N6O3S. The van der Waals surface area contributed by atoms with Crippen LogP contribution in [0, 0.1) is 6.92 Å². The van der Waals surface area contributed by atoms with Gasteiger partial charge in [-0.2, -0.15) is 4.99 Å². The van der Waals surface area contributed by atoms with Crippen LogP contribution in [0.4, 0.5) is 23.7 Å². The molecule has 4 aromatic rings. The van der Waals surface area contributed by atoms with Crippen LogP contribution in [0.15, 0.2) is 78.0 Å². The monoisotopic (exact) mass is 636 g/mol. The second kappa shape index (κ2) is 14.0. The van der Waals surface area contributed by atoms with Crippen LogP contribution in [0.3, 0.4) is 0 Å². The number of rotatable bonds is 10. The Kier molecular flexibility index (Phi) is 9.87. The predicted molar refractivity (Wildman–Crippen MR) is 168 cm³/mol. The number of aromatic nitrogens is 3. The lowest BCUT2D eigenvalue weighted by Crippen LogP contribution is -2.32. The summed E-state index contributed by atoms with van der Waals surface area (Å²) >= 11 is 1.27.